The predicted molar refractivity (Wildman–Crippen MR) is 155 cm³/mol. The molecule has 1 aliphatic heterocycles. The van der Waals surface area contributed by atoms with Crippen molar-refractivity contribution in [3.63, 3.8) is 0 Å². The molecule has 1 aliphatic rings. The molecule has 1 amide bonds. The summed E-state index contributed by atoms with van der Waals surface area (Å²) >= 11 is 0. The van der Waals surface area contributed by atoms with Gasteiger partial charge in [-0.1, -0.05) is 38.0 Å². The first kappa shape index (κ1) is 27.9. The van der Waals surface area contributed by atoms with Crippen LogP contribution in [0.2, 0.25) is 0 Å². The fourth-order valence-corrected chi connectivity index (χ4v) is 5.26. The van der Waals surface area contributed by atoms with E-state index < -0.39 is 17.7 Å². The van der Waals surface area contributed by atoms with Crippen molar-refractivity contribution in [3.05, 3.63) is 94.7 Å². The van der Waals surface area contributed by atoms with Crippen LogP contribution >= 0.6 is 0 Å². The molecule has 4 heterocycles. The van der Waals surface area contributed by atoms with Crippen LogP contribution in [0.3, 0.4) is 0 Å². The molecule has 0 bridgehead atoms. The van der Waals surface area contributed by atoms with Gasteiger partial charge in [0.25, 0.3) is 11.7 Å². The number of rotatable bonds is 10. The summed E-state index contributed by atoms with van der Waals surface area (Å²) < 4.78 is 13.5. The topological polar surface area (TPSA) is 106 Å². The van der Waals surface area contributed by atoms with Crippen molar-refractivity contribution in [1.82, 2.24) is 19.3 Å². The zero-order valence-corrected chi connectivity index (χ0v) is 23.8. The Hall–Kier alpha value is -4.66. The van der Waals surface area contributed by atoms with Crippen molar-refractivity contribution in [3.8, 4) is 11.5 Å². The maximum Gasteiger partial charge on any atom is 0.295 e. The molecule has 9 heteroatoms. The first-order valence-corrected chi connectivity index (χ1v) is 13.8. The molecule has 1 unspecified atom stereocenters. The molecule has 212 valence electrons. The summed E-state index contributed by atoms with van der Waals surface area (Å²) in [5.74, 6) is -0.754. The largest absolute Gasteiger partial charge is 0.505 e. The lowest BCUT2D eigenvalue weighted by atomic mass is 9.95. The van der Waals surface area contributed by atoms with Crippen molar-refractivity contribution < 1.29 is 24.2 Å². The highest BCUT2D eigenvalue weighted by atomic mass is 16.5. The monoisotopic (exact) mass is 554 g/mol. The third-order valence-corrected chi connectivity index (χ3v) is 7.43. The van der Waals surface area contributed by atoms with E-state index in [-0.39, 0.29) is 23.6 Å². The number of carbonyl (C=O) groups excluding carboxylic acids is 2. The zero-order valence-electron chi connectivity index (χ0n) is 23.8. The number of Topliss-reactive ketones (excluding diaryl/α,β-unsaturated/α-hetero) is 1. The Bertz CT molecular complexity index is 1630. The minimum Gasteiger partial charge on any atom is -0.505 e. The Morgan fingerprint density at radius 2 is 1.90 bits per heavy atom. The number of ketones is 1. The van der Waals surface area contributed by atoms with Crippen LogP contribution in [-0.2, 0) is 16.1 Å². The van der Waals surface area contributed by atoms with Gasteiger partial charge < -0.3 is 23.9 Å². The number of ether oxygens (including phenoxy) is 2. The number of unbranched alkanes of at least 4 members (excludes halogenated alkanes) is 2. The predicted octanol–water partition coefficient (Wildman–Crippen LogP) is 5.55. The summed E-state index contributed by atoms with van der Waals surface area (Å²) in [5, 5.41) is 11.7. The second kappa shape index (κ2) is 11.8. The highest BCUT2D eigenvalue weighted by molar-refractivity contribution is 6.46. The van der Waals surface area contributed by atoms with E-state index in [1.54, 1.807) is 43.8 Å². The highest BCUT2D eigenvalue weighted by Crippen LogP contribution is 2.43. The minimum atomic E-state index is -0.886. The second-order valence-electron chi connectivity index (χ2n) is 10.2. The number of aryl methyl sites for hydroxylation is 2. The Labute approximate surface area is 239 Å². The smallest absolute Gasteiger partial charge is 0.295 e. The van der Waals surface area contributed by atoms with E-state index in [9.17, 15) is 14.7 Å². The molecule has 0 aliphatic carbocycles. The Morgan fingerprint density at radius 3 is 2.61 bits per heavy atom. The van der Waals surface area contributed by atoms with Crippen LogP contribution in [0, 0.1) is 13.8 Å². The van der Waals surface area contributed by atoms with E-state index in [0.717, 1.165) is 30.4 Å². The number of imidazole rings is 1. The number of fused-ring (bicyclic) bond motifs is 1. The van der Waals surface area contributed by atoms with Crippen molar-refractivity contribution in [2.75, 3.05) is 13.7 Å². The van der Waals surface area contributed by atoms with Crippen LogP contribution in [0.25, 0.3) is 11.4 Å². The summed E-state index contributed by atoms with van der Waals surface area (Å²) in [7, 11) is 1.55. The molecule has 0 spiro atoms. The number of methoxy groups -OCH3 is 1. The van der Waals surface area contributed by atoms with Gasteiger partial charge in [0, 0.05) is 25.1 Å². The number of hydrogen-bond acceptors (Lipinski definition) is 7. The van der Waals surface area contributed by atoms with Gasteiger partial charge in [-0.2, -0.15) is 0 Å². The van der Waals surface area contributed by atoms with Crippen LogP contribution < -0.4 is 9.47 Å². The zero-order chi connectivity index (χ0) is 29.1. The number of carbonyl (C=O) groups is 2. The van der Waals surface area contributed by atoms with Gasteiger partial charge in [-0.05, 0) is 61.2 Å². The molecule has 9 nitrogen and oxygen atoms in total. The molecule has 0 saturated carbocycles. The minimum absolute atomic E-state index is 0.0262. The van der Waals surface area contributed by atoms with Crippen LogP contribution in [0.15, 0.2) is 66.6 Å². The van der Waals surface area contributed by atoms with Gasteiger partial charge in [0.2, 0.25) is 0 Å². The average molecular weight is 555 g/mol. The molecule has 0 radical (unpaired) electrons. The lowest BCUT2D eigenvalue weighted by molar-refractivity contribution is -0.140. The number of hydrogen-bond donors (Lipinski definition) is 1. The molecule has 1 fully saturated rings. The SMILES string of the molecule is CCCCCOc1ccc(C2C(=C(O)c3nc4c(C)cccn4c3C)C(=O)C(=O)N2Cc2cccnc2)cc1OC. The van der Waals surface area contributed by atoms with Gasteiger partial charge in [-0.15, -0.1) is 0 Å². The van der Waals surface area contributed by atoms with Crippen molar-refractivity contribution in [2.24, 2.45) is 0 Å². The first-order chi connectivity index (χ1) is 19.8. The number of aromatic nitrogens is 3. The third kappa shape index (κ3) is 5.27. The van der Waals surface area contributed by atoms with E-state index in [1.165, 1.54) is 4.90 Å². The summed E-state index contributed by atoms with van der Waals surface area (Å²) in [4.78, 5) is 37.4. The quantitative estimate of drug-likeness (QED) is 0.119. The molecule has 1 atom stereocenters. The summed E-state index contributed by atoms with van der Waals surface area (Å²) in [6.45, 7) is 6.56. The summed E-state index contributed by atoms with van der Waals surface area (Å²) in [5.41, 5.74) is 3.83. The van der Waals surface area contributed by atoms with Gasteiger partial charge in [-0.25, -0.2) is 4.98 Å². The van der Waals surface area contributed by atoms with Crippen molar-refractivity contribution >= 4 is 23.1 Å². The third-order valence-electron chi connectivity index (χ3n) is 7.43. The molecular weight excluding hydrogens is 520 g/mol. The Balaban J connectivity index is 1.64. The molecule has 5 rings (SSSR count). The summed E-state index contributed by atoms with van der Waals surface area (Å²) in [6, 6.07) is 11.9. The highest BCUT2D eigenvalue weighted by Gasteiger charge is 2.47. The van der Waals surface area contributed by atoms with Crippen molar-refractivity contribution in [1.29, 1.82) is 0 Å². The maximum atomic E-state index is 13.6. The number of pyridine rings is 2. The van der Waals surface area contributed by atoms with E-state index >= 15 is 0 Å². The van der Waals surface area contributed by atoms with Gasteiger partial charge in [-0.3, -0.25) is 14.6 Å². The number of aliphatic hydroxyl groups excluding tert-OH is 1. The summed E-state index contributed by atoms with van der Waals surface area (Å²) in [6.07, 6.45) is 8.21. The van der Waals surface area contributed by atoms with E-state index in [4.69, 9.17) is 9.47 Å². The van der Waals surface area contributed by atoms with E-state index in [2.05, 4.69) is 16.9 Å². The maximum absolute atomic E-state index is 13.6. The fourth-order valence-electron chi connectivity index (χ4n) is 5.26. The number of amides is 1. The Kier molecular flexibility index (Phi) is 8.05. The van der Waals surface area contributed by atoms with Crippen LogP contribution in [0.5, 0.6) is 11.5 Å². The molecule has 41 heavy (non-hydrogen) atoms. The standard InChI is InChI=1S/C32H34N4O5/c1-5-6-7-16-41-24-13-12-23(17-25(24)40-4)28-26(30(38)32(39)36(28)19-22-11-8-14-33-18-22)29(37)27-21(3)35-15-9-10-20(2)31(35)34-27/h8-15,17-18,28,37H,5-7,16,19H2,1-4H3. The first-order valence-electron chi connectivity index (χ1n) is 13.8. The van der Waals surface area contributed by atoms with Gasteiger partial charge in [0.1, 0.15) is 11.3 Å². The molecule has 1 saturated heterocycles. The molecule has 1 N–H and O–H groups in total. The van der Waals surface area contributed by atoms with Gasteiger partial charge in [0.15, 0.2) is 17.3 Å². The van der Waals surface area contributed by atoms with Crippen molar-refractivity contribution in [2.45, 2.75) is 52.6 Å². The average Bonchev–Trinajstić information content (AvgIpc) is 3.45. The number of aliphatic hydroxyl groups is 1. The molecule has 3 aromatic heterocycles. The van der Waals surface area contributed by atoms with E-state index in [0.29, 0.717) is 35.0 Å². The van der Waals surface area contributed by atoms with Gasteiger partial charge in [0.05, 0.1) is 31.0 Å². The lowest BCUT2D eigenvalue weighted by Gasteiger charge is -2.26. The molecule has 4 aromatic rings. The molecular formula is C32H34N4O5. The van der Waals surface area contributed by atoms with Crippen LogP contribution in [-0.4, -0.2) is 49.8 Å². The lowest BCUT2D eigenvalue weighted by Crippen LogP contribution is -2.29. The number of likely N-dealkylation sites (tertiary alicyclic amines) is 1. The number of nitrogens with zero attached hydrogens (tertiary/aromatic N) is 4. The van der Waals surface area contributed by atoms with Gasteiger partial charge >= 0.3 is 0 Å². The molecule has 1 aromatic carbocycles. The number of benzene rings is 1. The second-order valence-corrected chi connectivity index (χ2v) is 10.2. The van der Waals surface area contributed by atoms with Crippen LogP contribution in [0.1, 0.15) is 60.3 Å². The van der Waals surface area contributed by atoms with Crippen LogP contribution in [0.4, 0.5) is 0 Å². The fraction of sp³-hybridized carbons (Fsp3) is 0.312. The Morgan fingerprint density at radius 1 is 1.07 bits per heavy atom. The normalized spacial score (nSPS) is 16.5. The van der Waals surface area contributed by atoms with E-state index in [1.807, 2.05) is 42.6 Å².